The van der Waals surface area contributed by atoms with E-state index in [9.17, 15) is 13.2 Å². The van der Waals surface area contributed by atoms with Gasteiger partial charge in [0.15, 0.2) is 17.5 Å². The minimum absolute atomic E-state index is 0.0236. The topological polar surface area (TPSA) is 12.5 Å². The molecule has 0 radical (unpaired) electrons. The fraction of sp³-hybridized carbons (Fsp3) is 0.500. The number of halogens is 3. The Morgan fingerprint density at radius 1 is 1.28 bits per heavy atom. The van der Waals surface area contributed by atoms with Crippen LogP contribution in [-0.4, -0.2) is 30.0 Å². The predicted octanol–water partition coefficient (Wildman–Crippen LogP) is 2.58. The summed E-state index contributed by atoms with van der Waals surface area (Å²) in [4.78, 5) is 2.04. The number of likely N-dealkylation sites (tertiary alicyclic amines) is 1. The molecule has 6 heteroatoms. The second-order valence-electron chi connectivity index (χ2n) is 4.33. The zero-order valence-corrected chi connectivity index (χ0v) is 10.6. The molecular formula is C12H14F3NOS. The van der Waals surface area contributed by atoms with Crippen LogP contribution >= 0.6 is 12.6 Å². The van der Waals surface area contributed by atoms with Gasteiger partial charge in [-0.3, -0.25) is 4.90 Å². The number of hydrogen-bond acceptors (Lipinski definition) is 3. The van der Waals surface area contributed by atoms with Crippen LogP contribution < -0.4 is 0 Å². The Morgan fingerprint density at radius 2 is 2.06 bits per heavy atom. The fourth-order valence-corrected chi connectivity index (χ4v) is 2.24. The lowest BCUT2D eigenvalue weighted by atomic mass is 10.2. The van der Waals surface area contributed by atoms with Crippen LogP contribution in [0.15, 0.2) is 12.1 Å². The summed E-state index contributed by atoms with van der Waals surface area (Å²) in [6.07, 6.45) is 0.992. The average molecular weight is 277 g/mol. The van der Waals surface area contributed by atoms with Crippen molar-refractivity contribution in [3.05, 3.63) is 35.1 Å². The summed E-state index contributed by atoms with van der Waals surface area (Å²) in [7, 11) is 0. The number of benzene rings is 1. The van der Waals surface area contributed by atoms with Gasteiger partial charge in [-0.1, -0.05) is 6.07 Å². The molecule has 0 N–H and O–H groups in total. The molecule has 1 heterocycles. The molecule has 2 nitrogen and oxygen atoms in total. The Morgan fingerprint density at radius 3 is 2.72 bits per heavy atom. The third-order valence-corrected chi connectivity index (χ3v) is 3.32. The largest absolute Gasteiger partial charge is 0.361 e. The summed E-state index contributed by atoms with van der Waals surface area (Å²) in [5.41, 5.74) is 0.0236. The maximum absolute atomic E-state index is 13.3. The van der Waals surface area contributed by atoms with Crippen LogP contribution in [0.25, 0.3) is 0 Å². The van der Waals surface area contributed by atoms with Gasteiger partial charge in [0, 0.05) is 23.9 Å². The normalized spacial score (nSPS) is 20.6. The Balaban J connectivity index is 1.85. The van der Waals surface area contributed by atoms with Gasteiger partial charge in [0.05, 0.1) is 13.3 Å². The van der Waals surface area contributed by atoms with E-state index in [1.807, 2.05) is 4.90 Å². The molecule has 1 unspecified atom stereocenters. The van der Waals surface area contributed by atoms with E-state index in [4.69, 9.17) is 4.74 Å². The molecule has 1 saturated heterocycles. The van der Waals surface area contributed by atoms with E-state index in [1.54, 1.807) is 0 Å². The first-order chi connectivity index (χ1) is 8.58. The van der Waals surface area contributed by atoms with Gasteiger partial charge in [0.25, 0.3) is 0 Å². The van der Waals surface area contributed by atoms with Crippen LogP contribution in [0.3, 0.4) is 0 Å². The van der Waals surface area contributed by atoms with Crippen LogP contribution in [-0.2, 0) is 11.3 Å². The van der Waals surface area contributed by atoms with Crippen molar-refractivity contribution in [3.8, 4) is 0 Å². The quantitative estimate of drug-likeness (QED) is 0.671. The molecule has 1 aromatic rings. The van der Waals surface area contributed by atoms with Crippen molar-refractivity contribution in [2.45, 2.75) is 18.3 Å². The molecule has 0 aliphatic carbocycles. The highest BCUT2D eigenvalue weighted by atomic mass is 32.1. The maximum atomic E-state index is 13.3. The molecule has 1 aromatic carbocycles. The van der Waals surface area contributed by atoms with Crippen molar-refractivity contribution in [3.63, 3.8) is 0 Å². The van der Waals surface area contributed by atoms with E-state index in [2.05, 4.69) is 12.6 Å². The monoisotopic (exact) mass is 277 g/mol. The highest BCUT2D eigenvalue weighted by molar-refractivity contribution is 7.81. The Labute approximate surface area is 109 Å². The second-order valence-corrected chi connectivity index (χ2v) is 5.06. The summed E-state index contributed by atoms with van der Waals surface area (Å²) in [6.45, 7) is 1.98. The zero-order valence-electron chi connectivity index (χ0n) is 9.70. The van der Waals surface area contributed by atoms with E-state index >= 15 is 0 Å². The molecule has 1 aliphatic heterocycles. The van der Waals surface area contributed by atoms with Gasteiger partial charge in [0.2, 0.25) is 0 Å². The molecule has 0 amide bonds. The van der Waals surface area contributed by atoms with Gasteiger partial charge in [-0.25, -0.2) is 13.2 Å². The zero-order chi connectivity index (χ0) is 13.1. The lowest BCUT2D eigenvalue weighted by molar-refractivity contribution is 0.0299. The Kier molecular flexibility index (Phi) is 4.53. The average Bonchev–Trinajstić information content (AvgIpc) is 2.75. The number of hydrogen-bond donors (Lipinski definition) is 1. The number of ether oxygens (including phenoxy) is 1. The first-order valence-corrected chi connectivity index (χ1v) is 6.20. The molecule has 2 rings (SSSR count). The molecule has 0 saturated carbocycles. The van der Waals surface area contributed by atoms with E-state index < -0.39 is 17.5 Å². The first-order valence-electron chi connectivity index (χ1n) is 5.68. The Bertz CT molecular complexity index is 430. The van der Waals surface area contributed by atoms with E-state index in [0.29, 0.717) is 12.0 Å². The minimum atomic E-state index is -1.45. The number of thiol groups is 1. The van der Waals surface area contributed by atoms with Gasteiger partial charge in [-0.15, -0.1) is 0 Å². The molecule has 1 aliphatic rings. The number of nitrogens with zero attached hydrogens (tertiary/aromatic N) is 1. The van der Waals surface area contributed by atoms with Crippen molar-refractivity contribution >= 4 is 12.6 Å². The first kappa shape index (κ1) is 13.7. The summed E-state index contributed by atoms with van der Waals surface area (Å²) in [6, 6.07) is 2.09. The van der Waals surface area contributed by atoms with Crippen molar-refractivity contribution in [1.82, 2.24) is 4.90 Å². The van der Waals surface area contributed by atoms with Gasteiger partial charge in [-0.05, 0) is 12.5 Å². The van der Waals surface area contributed by atoms with Crippen molar-refractivity contribution in [2.75, 3.05) is 19.8 Å². The van der Waals surface area contributed by atoms with E-state index in [0.717, 1.165) is 25.6 Å². The predicted molar refractivity (Wildman–Crippen MR) is 64.9 cm³/mol. The van der Waals surface area contributed by atoms with Crippen LogP contribution in [0.5, 0.6) is 0 Å². The highest BCUT2D eigenvalue weighted by Crippen LogP contribution is 2.17. The number of rotatable bonds is 4. The van der Waals surface area contributed by atoms with Crippen LogP contribution in [0.2, 0.25) is 0 Å². The molecule has 100 valence electrons. The van der Waals surface area contributed by atoms with E-state index in [-0.39, 0.29) is 12.2 Å². The van der Waals surface area contributed by atoms with Gasteiger partial charge in [-0.2, -0.15) is 12.6 Å². The second kappa shape index (κ2) is 5.95. The van der Waals surface area contributed by atoms with Gasteiger partial charge < -0.3 is 4.74 Å². The lowest BCUT2D eigenvalue weighted by Gasteiger charge is -2.15. The smallest absolute Gasteiger partial charge is 0.194 e. The third-order valence-electron chi connectivity index (χ3n) is 2.89. The fourth-order valence-electron chi connectivity index (χ4n) is 1.89. The highest BCUT2D eigenvalue weighted by Gasteiger charge is 2.19. The summed E-state index contributed by atoms with van der Waals surface area (Å²) >= 11 is 4.34. The van der Waals surface area contributed by atoms with Crippen LogP contribution in [0.1, 0.15) is 12.0 Å². The van der Waals surface area contributed by atoms with Crippen LogP contribution in [0, 0.1) is 17.5 Å². The standard InChI is InChI=1S/C12H14F3NOS/c13-10-2-1-8(11(14)12(10)15)6-17-7-16-4-3-9(18)5-16/h1-2,9,18H,3-7H2. The molecule has 18 heavy (non-hydrogen) atoms. The van der Waals surface area contributed by atoms with Crippen molar-refractivity contribution < 1.29 is 17.9 Å². The Hall–Kier alpha value is -0.720. The molecule has 0 bridgehead atoms. The summed E-state index contributed by atoms with van der Waals surface area (Å²) in [5.74, 6) is -3.81. The van der Waals surface area contributed by atoms with Crippen LogP contribution in [0.4, 0.5) is 13.2 Å². The van der Waals surface area contributed by atoms with Gasteiger partial charge >= 0.3 is 0 Å². The maximum Gasteiger partial charge on any atom is 0.194 e. The minimum Gasteiger partial charge on any atom is -0.361 e. The summed E-state index contributed by atoms with van der Waals surface area (Å²) < 4.78 is 44.2. The van der Waals surface area contributed by atoms with E-state index in [1.165, 1.54) is 6.07 Å². The molecule has 1 atom stereocenters. The third kappa shape index (κ3) is 3.18. The summed E-state index contributed by atoms with van der Waals surface area (Å²) in [5, 5.41) is 0.341. The van der Waals surface area contributed by atoms with Gasteiger partial charge in [0.1, 0.15) is 0 Å². The van der Waals surface area contributed by atoms with Crippen molar-refractivity contribution in [1.29, 1.82) is 0 Å². The molecule has 0 aromatic heterocycles. The molecule has 1 fully saturated rings. The molecular weight excluding hydrogens is 263 g/mol. The van der Waals surface area contributed by atoms with Crippen molar-refractivity contribution in [2.24, 2.45) is 0 Å². The molecule has 0 spiro atoms. The SMILES string of the molecule is Fc1ccc(COCN2CCC(S)C2)c(F)c1F. The lowest BCUT2D eigenvalue weighted by Crippen LogP contribution is -2.24.